The van der Waals surface area contributed by atoms with Gasteiger partial charge in [-0.2, -0.15) is 0 Å². The third kappa shape index (κ3) is 5.17. The number of hydrogen-bond donors (Lipinski definition) is 0. The molecule has 1 aromatic rings. The summed E-state index contributed by atoms with van der Waals surface area (Å²) >= 11 is 11.9. The van der Waals surface area contributed by atoms with Gasteiger partial charge in [0.25, 0.3) is 0 Å². The number of nitrogens with zero attached hydrogens (tertiary/aromatic N) is 1. The van der Waals surface area contributed by atoms with Gasteiger partial charge in [-0.05, 0) is 18.6 Å². The minimum atomic E-state index is -0.657. The molecule has 6 heteroatoms. The zero-order valence-electron chi connectivity index (χ0n) is 10.4. The molecule has 0 bridgehead atoms. The molecule has 0 N–H and O–H groups in total. The first-order valence-electron chi connectivity index (χ1n) is 5.68. The Morgan fingerprint density at radius 3 is 2.63 bits per heavy atom. The van der Waals surface area contributed by atoms with Gasteiger partial charge in [0.15, 0.2) is 0 Å². The predicted octanol–water partition coefficient (Wildman–Crippen LogP) is 3.70. The molecule has 0 aliphatic heterocycles. The highest BCUT2D eigenvalue weighted by molar-refractivity contribution is 6.38. The minimum Gasteiger partial charge on any atom is -0.469 e. The van der Waals surface area contributed by atoms with E-state index in [2.05, 4.69) is 9.73 Å². The van der Waals surface area contributed by atoms with Crippen LogP contribution in [0.4, 0.5) is 4.39 Å². The number of hydrogen-bond acceptors (Lipinski definition) is 3. The lowest BCUT2D eigenvalue weighted by Gasteiger charge is -2.07. The zero-order chi connectivity index (χ0) is 14.3. The van der Waals surface area contributed by atoms with Gasteiger partial charge in [0.1, 0.15) is 6.67 Å². The summed E-state index contributed by atoms with van der Waals surface area (Å²) in [6, 6.07) is 4.46. The summed E-state index contributed by atoms with van der Waals surface area (Å²) in [5.74, 6) is -0.385. The monoisotopic (exact) mass is 305 g/mol. The molecule has 1 atom stereocenters. The fraction of sp³-hybridized carbons (Fsp3) is 0.385. The number of ether oxygens (including phenoxy) is 1. The summed E-state index contributed by atoms with van der Waals surface area (Å²) in [6.07, 6.45) is 1.84. The van der Waals surface area contributed by atoms with Crippen molar-refractivity contribution in [3.05, 3.63) is 33.8 Å². The van der Waals surface area contributed by atoms with E-state index in [1.54, 1.807) is 18.2 Å². The number of halogens is 3. The number of alkyl halides is 1. The van der Waals surface area contributed by atoms with Gasteiger partial charge in [0.05, 0.1) is 23.2 Å². The van der Waals surface area contributed by atoms with E-state index in [1.165, 1.54) is 13.3 Å². The Morgan fingerprint density at radius 1 is 1.47 bits per heavy atom. The second-order valence-corrected chi connectivity index (χ2v) is 4.65. The lowest BCUT2D eigenvalue weighted by atomic mass is 10.2. The van der Waals surface area contributed by atoms with Crippen LogP contribution in [0, 0.1) is 0 Å². The van der Waals surface area contributed by atoms with Crippen molar-refractivity contribution in [3.63, 3.8) is 0 Å². The Balaban J connectivity index is 2.69. The van der Waals surface area contributed by atoms with Crippen molar-refractivity contribution < 1.29 is 13.9 Å². The standard InChI is InChI=1S/C13H14Cl2FNO2/c1-19-13(18)6-5-9(7-16)17-8-10-11(14)3-2-4-12(10)15/h2-4,8-9H,5-7H2,1H3/t9-/m0/s1. The highest BCUT2D eigenvalue weighted by Gasteiger charge is 2.10. The third-order valence-electron chi connectivity index (χ3n) is 2.50. The summed E-state index contributed by atoms with van der Waals surface area (Å²) in [4.78, 5) is 15.0. The second kappa shape index (κ2) is 8.12. The number of carbonyl (C=O) groups excluding carboxylic acids is 1. The van der Waals surface area contributed by atoms with Crippen LogP contribution >= 0.6 is 23.2 Å². The summed E-state index contributed by atoms with van der Waals surface area (Å²) in [5.41, 5.74) is 0.544. The second-order valence-electron chi connectivity index (χ2n) is 3.84. The highest BCUT2D eigenvalue weighted by Crippen LogP contribution is 2.22. The molecule has 0 heterocycles. The van der Waals surface area contributed by atoms with E-state index in [0.717, 1.165) is 0 Å². The minimum absolute atomic E-state index is 0.124. The van der Waals surface area contributed by atoms with E-state index in [0.29, 0.717) is 15.6 Å². The normalized spacial score (nSPS) is 12.6. The van der Waals surface area contributed by atoms with Crippen LogP contribution in [0.2, 0.25) is 10.0 Å². The Kier molecular flexibility index (Phi) is 6.81. The molecule has 104 valence electrons. The summed E-state index contributed by atoms with van der Waals surface area (Å²) in [5, 5.41) is 0.892. The van der Waals surface area contributed by atoms with E-state index in [-0.39, 0.29) is 18.8 Å². The van der Waals surface area contributed by atoms with E-state index in [9.17, 15) is 9.18 Å². The quantitative estimate of drug-likeness (QED) is 0.594. The number of aliphatic imine (C=N–C) groups is 1. The first-order valence-corrected chi connectivity index (χ1v) is 6.44. The molecule has 0 amide bonds. The summed E-state index contributed by atoms with van der Waals surface area (Å²) in [6.45, 7) is -0.657. The van der Waals surface area contributed by atoms with Crippen LogP contribution in [0.5, 0.6) is 0 Å². The Morgan fingerprint density at radius 2 is 2.11 bits per heavy atom. The van der Waals surface area contributed by atoms with Gasteiger partial charge in [-0.15, -0.1) is 0 Å². The van der Waals surface area contributed by atoms with Crippen molar-refractivity contribution in [1.82, 2.24) is 0 Å². The smallest absolute Gasteiger partial charge is 0.305 e. The van der Waals surface area contributed by atoms with Crippen LogP contribution in [0.15, 0.2) is 23.2 Å². The van der Waals surface area contributed by atoms with Crippen LogP contribution < -0.4 is 0 Å². The molecule has 0 aliphatic carbocycles. The van der Waals surface area contributed by atoms with E-state index in [1.807, 2.05) is 0 Å². The van der Waals surface area contributed by atoms with Crippen LogP contribution in [0.3, 0.4) is 0 Å². The zero-order valence-corrected chi connectivity index (χ0v) is 11.9. The highest BCUT2D eigenvalue weighted by atomic mass is 35.5. The molecule has 0 aliphatic rings. The maximum atomic E-state index is 12.8. The maximum Gasteiger partial charge on any atom is 0.305 e. The van der Waals surface area contributed by atoms with Gasteiger partial charge >= 0.3 is 5.97 Å². The molecule has 19 heavy (non-hydrogen) atoms. The largest absolute Gasteiger partial charge is 0.469 e. The van der Waals surface area contributed by atoms with Crippen LogP contribution in [0.1, 0.15) is 18.4 Å². The molecule has 1 aromatic carbocycles. The number of carbonyl (C=O) groups is 1. The Hall–Kier alpha value is -1.13. The van der Waals surface area contributed by atoms with E-state index >= 15 is 0 Å². The molecule has 0 unspecified atom stereocenters. The SMILES string of the molecule is COC(=O)CC[C@@H](CF)N=Cc1c(Cl)cccc1Cl. The summed E-state index contributed by atoms with van der Waals surface area (Å²) in [7, 11) is 1.29. The van der Waals surface area contributed by atoms with Crippen molar-refractivity contribution in [2.45, 2.75) is 18.9 Å². The predicted molar refractivity (Wildman–Crippen MR) is 75.1 cm³/mol. The first kappa shape index (κ1) is 15.9. The lowest BCUT2D eigenvalue weighted by molar-refractivity contribution is -0.140. The molecular weight excluding hydrogens is 292 g/mol. The van der Waals surface area contributed by atoms with Crippen LogP contribution in [-0.4, -0.2) is 32.0 Å². The molecular formula is C13H14Cl2FNO2. The number of esters is 1. The van der Waals surface area contributed by atoms with Gasteiger partial charge in [-0.25, -0.2) is 4.39 Å². The van der Waals surface area contributed by atoms with Crippen molar-refractivity contribution in [1.29, 1.82) is 0 Å². The van der Waals surface area contributed by atoms with Gasteiger partial charge in [-0.3, -0.25) is 9.79 Å². The van der Waals surface area contributed by atoms with Crippen molar-refractivity contribution >= 4 is 35.4 Å². The Labute approximate surface area is 121 Å². The van der Waals surface area contributed by atoms with Crippen molar-refractivity contribution in [2.75, 3.05) is 13.8 Å². The van der Waals surface area contributed by atoms with Gasteiger partial charge in [0, 0.05) is 18.2 Å². The van der Waals surface area contributed by atoms with Crippen molar-refractivity contribution in [2.24, 2.45) is 4.99 Å². The molecule has 0 fully saturated rings. The van der Waals surface area contributed by atoms with Gasteiger partial charge < -0.3 is 4.74 Å². The van der Waals surface area contributed by atoms with Crippen molar-refractivity contribution in [3.8, 4) is 0 Å². The van der Waals surface area contributed by atoms with Crippen LogP contribution in [-0.2, 0) is 9.53 Å². The molecule has 1 rings (SSSR count). The molecule has 0 saturated heterocycles. The molecule has 0 aromatic heterocycles. The van der Waals surface area contributed by atoms with E-state index in [4.69, 9.17) is 23.2 Å². The molecule has 0 saturated carbocycles. The molecule has 3 nitrogen and oxygen atoms in total. The molecule has 0 spiro atoms. The maximum absolute atomic E-state index is 12.8. The average molecular weight is 306 g/mol. The Bertz CT molecular complexity index is 446. The fourth-order valence-corrected chi connectivity index (χ4v) is 1.89. The number of methoxy groups -OCH3 is 1. The molecule has 0 radical (unpaired) electrons. The topological polar surface area (TPSA) is 38.7 Å². The third-order valence-corrected chi connectivity index (χ3v) is 3.16. The lowest BCUT2D eigenvalue weighted by Crippen LogP contribution is -2.11. The average Bonchev–Trinajstić information content (AvgIpc) is 2.41. The summed E-state index contributed by atoms with van der Waals surface area (Å²) < 4.78 is 17.3. The van der Waals surface area contributed by atoms with Gasteiger partial charge in [0.2, 0.25) is 0 Å². The van der Waals surface area contributed by atoms with E-state index < -0.39 is 12.7 Å². The fourth-order valence-electron chi connectivity index (χ4n) is 1.39. The first-order chi connectivity index (χ1) is 9.08. The number of benzene rings is 1. The van der Waals surface area contributed by atoms with Crippen LogP contribution in [0.25, 0.3) is 0 Å². The number of rotatable bonds is 6. The van der Waals surface area contributed by atoms with Gasteiger partial charge in [-0.1, -0.05) is 29.3 Å².